The van der Waals surface area contributed by atoms with Gasteiger partial charge in [0.1, 0.15) is 5.75 Å². The lowest BCUT2D eigenvalue weighted by Gasteiger charge is -2.33. The van der Waals surface area contributed by atoms with Crippen LogP contribution in [-0.2, 0) is 14.8 Å². The van der Waals surface area contributed by atoms with Crippen molar-refractivity contribution in [1.82, 2.24) is 14.1 Å². The van der Waals surface area contributed by atoms with E-state index in [9.17, 15) is 18.0 Å². The average molecular weight is 460 g/mol. The van der Waals surface area contributed by atoms with Gasteiger partial charge in [0.25, 0.3) is 5.91 Å². The van der Waals surface area contributed by atoms with Crippen molar-refractivity contribution in [2.45, 2.75) is 24.8 Å². The minimum absolute atomic E-state index is 0.0676. The molecule has 0 saturated carbocycles. The second kappa shape index (κ2) is 9.70. The van der Waals surface area contributed by atoms with Crippen LogP contribution in [0.5, 0.6) is 5.75 Å². The summed E-state index contributed by atoms with van der Waals surface area (Å²) in [6.07, 6.45) is 0. The molecule has 9 heteroatoms. The van der Waals surface area contributed by atoms with Crippen molar-refractivity contribution in [3.8, 4) is 5.75 Å². The van der Waals surface area contributed by atoms with E-state index in [2.05, 4.69) is 0 Å². The molecule has 0 N–H and O–H groups in total. The molecule has 1 heterocycles. The number of methoxy groups -OCH3 is 1. The van der Waals surface area contributed by atoms with E-state index in [0.29, 0.717) is 18.8 Å². The number of amides is 2. The number of carbonyl (C=O) groups excluding carboxylic acids is 2. The molecule has 0 aromatic heterocycles. The van der Waals surface area contributed by atoms with E-state index in [-0.39, 0.29) is 41.4 Å². The Hall–Kier alpha value is -2.91. The standard InChI is InChI=1S/C23H29N3O5S/c1-17(21-10-5-6-11-22(21)31-4)24(3)23(28)19-8-7-9-20(16-19)32(29,30)26-14-12-25(13-15-26)18(2)27/h5-11,16-17H,12-15H2,1-4H3. The van der Waals surface area contributed by atoms with Gasteiger partial charge in [-0.05, 0) is 31.2 Å². The highest BCUT2D eigenvalue weighted by molar-refractivity contribution is 7.89. The average Bonchev–Trinajstić information content (AvgIpc) is 2.82. The molecule has 3 rings (SSSR count). The highest BCUT2D eigenvalue weighted by Gasteiger charge is 2.30. The maximum atomic E-state index is 13.2. The molecule has 1 saturated heterocycles. The third-order valence-corrected chi connectivity index (χ3v) is 7.79. The van der Waals surface area contributed by atoms with E-state index in [0.717, 1.165) is 5.56 Å². The monoisotopic (exact) mass is 459 g/mol. The molecule has 2 aromatic rings. The molecule has 1 aliphatic rings. The molecule has 2 amide bonds. The Morgan fingerprint density at radius 1 is 1.03 bits per heavy atom. The van der Waals surface area contributed by atoms with Crippen molar-refractivity contribution in [3.05, 3.63) is 59.7 Å². The smallest absolute Gasteiger partial charge is 0.254 e. The van der Waals surface area contributed by atoms with Gasteiger partial charge in [-0.2, -0.15) is 4.31 Å². The molecule has 1 fully saturated rings. The van der Waals surface area contributed by atoms with Gasteiger partial charge in [-0.1, -0.05) is 24.3 Å². The maximum absolute atomic E-state index is 13.2. The molecular formula is C23H29N3O5S. The van der Waals surface area contributed by atoms with E-state index in [1.165, 1.54) is 23.4 Å². The van der Waals surface area contributed by atoms with Gasteiger partial charge in [0.05, 0.1) is 18.0 Å². The number of para-hydroxylation sites is 1. The first-order valence-corrected chi connectivity index (χ1v) is 11.9. The van der Waals surface area contributed by atoms with Crippen molar-refractivity contribution >= 4 is 21.8 Å². The fraction of sp³-hybridized carbons (Fsp3) is 0.391. The van der Waals surface area contributed by atoms with Crippen LogP contribution in [0.3, 0.4) is 0 Å². The van der Waals surface area contributed by atoms with Crippen LogP contribution in [0.15, 0.2) is 53.4 Å². The number of benzene rings is 2. The van der Waals surface area contributed by atoms with Crippen LogP contribution >= 0.6 is 0 Å². The minimum Gasteiger partial charge on any atom is -0.496 e. The van der Waals surface area contributed by atoms with Gasteiger partial charge < -0.3 is 14.5 Å². The molecule has 0 aliphatic carbocycles. The number of hydrogen-bond donors (Lipinski definition) is 0. The summed E-state index contributed by atoms with van der Waals surface area (Å²) in [4.78, 5) is 27.9. The Labute approximate surface area is 189 Å². The van der Waals surface area contributed by atoms with Crippen LogP contribution in [0.4, 0.5) is 0 Å². The minimum atomic E-state index is -3.77. The van der Waals surface area contributed by atoms with Gasteiger partial charge in [-0.25, -0.2) is 8.42 Å². The molecule has 0 radical (unpaired) electrons. The van der Waals surface area contributed by atoms with Crippen LogP contribution in [-0.4, -0.2) is 74.7 Å². The Kier molecular flexibility index (Phi) is 7.20. The molecule has 1 unspecified atom stereocenters. The zero-order valence-corrected chi connectivity index (χ0v) is 19.6. The van der Waals surface area contributed by atoms with Crippen molar-refractivity contribution in [2.24, 2.45) is 0 Å². The third kappa shape index (κ3) is 4.78. The molecule has 32 heavy (non-hydrogen) atoms. The lowest BCUT2D eigenvalue weighted by Crippen LogP contribution is -2.49. The first kappa shape index (κ1) is 23.7. The Morgan fingerprint density at radius 3 is 2.31 bits per heavy atom. The first-order valence-electron chi connectivity index (χ1n) is 10.4. The Morgan fingerprint density at radius 2 is 1.69 bits per heavy atom. The summed E-state index contributed by atoms with van der Waals surface area (Å²) in [5.41, 5.74) is 1.15. The van der Waals surface area contributed by atoms with Gasteiger partial charge in [0, 0.05) is 51.3 Å². The summed E-state index contributed by atoms with van der Waals surface area (Å²) < 4.78 is 33.0. The van der Waals surface area contributed by atoms with Crippen LogP contribution in [0.2, 0.25) is 0 Å². The predicted molar refractivity (Wildman–Crippen MR) is 121 cm³/mol. The van der Waals surface area contributed by atoms with Gasteiger partial charge in [0.15, 0.2) is 0 Å². The van der Waals surface area contributed by atoms with Gasteiger partial charge in [0.2, 0.25) is 15.9 Å². The molecule has 172 valence electrons. The van der Waals surface area contributed by atoms with Crippen LogP contribution < -0.4 is 4.74 Å². The summed E-state index contributed by atoms with van der Waals surface area (Å²) in [5, 5.41) is 0. The van der Waals surface area contributed by atoms with Crippen LogP contribution in [0, 0.1) is 0 Å². The van der Waals surface area contributed by atoms with Crippen molar-refractivity contribution in [3.63, 3.8) is 0 Å². The quantitative estimate of drug-likeness (QED) is 0.662. The topological polar surface area (TPSA) is 87.2 Å². The lowest BCUT2D eigenvalue weighted by atomic mass is 10.0. The number of hydrogen-bond acceptors (Lipinski definition) is 5. The van der Waals surface area contributed by atoms with Crippen LogP contribution in [0.25, 0.3) is 0 Å². The van der Waals surface area contributed by atoms with Gasteiger partial charge >= 0.3 is 0 Å². The van der Waals surface area contributed by atoms with E-state index in [1.807, 2.05) is 31.2 Å². The Bertz CT molecular complexity index is 1090. The fourth-order valence-electron chi connectivity index (χ4n) is 3.78. The number of nitrogens with zero attached hydrogens (tertiary/aromatic N) is 3. The van der Waals surface area contributed by atoms with E-state index in [4.69, 9.17) is 4.74 Å². The summed E-state index contributed by atoms with van der Waals surface area (Å²) in [6.45, 7) is 4.53. The molecule has 0 spiro atoms. The fourth-order valence-corrected chi connectivity index (χ4v) is 5.25. The normalized spacial score (nSPS) is 15.8. The number of carbonyl (C=O) groups is 2. The number of rotatable bonds is 6. The molecule has 8 nitrogen and oxygen atoms in total. The van der Waals surface area contributed by atoms with E-state index >= 15 is 0 Å². The molecule has 1 aliphatic heterocycles. The zero-order valence-electron chi connectivity index (χ0n) is 18.8. The third-order valence-electron chi connectivity index (χ3n) is 5.89. The summed E-state index contributed by atoms with van der Waals surface area (Å²) in [5.74, 6) is 0.324. The first-order chi connectivity index (χ1) is 15.2. The summed E-state index contributed by atoms with van der Waals surface area (Å²) >= 11 is 0. The molecule has 1 atom stereocenters. The number of sulfonamides is 1. The highest BCUT2D eigenvalue weighted by atomic mass is 32.2. The SMILES string of the molecule is COc1ccccc1C(C)N(C)C(=O)c1cccc(S(=O)(=O)N2CCN(C(C)=O)CC2)c1. The van der Waals surface area contributed by atoms with Crippen molar-refractivity contribution in [1.29, 1.82) is 0 Å². The van der Waals surface area contributed by atoms with Gasteiger partial charge in [-0.3, -0.25) is 9.59 Å². The van der Waals surface area contributed by atoms with Crippen molar-refractivity contribution < 1.29 is 22.7 Å². The second-order valence-electron chi connectivity index (χ2n) is 7.77. The summed E-state index contributed by atoms with van der Waals surface area (Å²) in [6, 6.07) is 13.3. The molecule has 2 aromatic carbocycles. The summed E-state index contributed by atoms with van der Waals surface area (Å²) in [7, 11) is -0.508. The predicted octanol–water partition coefficient (Wildman–Crippen LogP) is 2.38. The number of ether oxygens (including phenoxy) is 1. The maximum Gasteiger partial charge on any atom is 0.254 e. The molecule has 0 bridgehead atoms. The largest absolute Gasteiger partial charge is 0.496 e. The highest BCUT2D eigenvalue weighted by Crippen LogP contribution is 2.29. The lowest BCUT2D eigenvalue weighted by molar-refractivity contribution is -0.129. The Balaban J connectivity index is 1.80. The van der Waals surface area contributed by atoms with E-state index in [1.54, 1.807) is 36.1 Å². The number of piperazine rings is 1. The van der Waals surface area contributed by atoms with Gasteiger partial charge in [-0.15, -0.1) is 0 Å². The zero-order chi connectivity index (χ0) is 23.5. The van der Waals surface area contributed by atoms with Crippen molar-refractivity contribution in [2.75, 3.05) is 40.3 Å². The molecular weight excluding hydrogens is 430 g/mol. The van der Waals surface area contributed by atoms with E-state index < -0.39 is 10.0 Å². The van der Waals surface area contributed by atoms with Crippen LogP contribution in [0.1, 0.15) is 35.8 Å². The second-order valence-corrected chi connectivity index (χ2v) is 9.71.